The molecule has 1 fully saturated rings. The number of pyridine rings is 1. The Morgan fingerprint density at radius 2 is 2.08 bits per heavy atom. The molecule has 1 aliphatic rings. The molecule has 0 N–H and O–H groups in total. The number of likely N-dealkylation sites (N-methyl/N-ethyl adjacent to an activating group) is 1. The molecule has 0 atom stereocenters. The first kappa shape index (κ1) is 16.3. The molecule has 6 heteroatoms. The molecule has 24 heavy (non-hydrogen) atoms. The summed E-state index contributed by atoms with van der Waals surface area (Å²) >= 11 is 1.36. The summed E-state index contributed by atoms with van der Waals surface area (Å²) in [7, 11) is 1.73. The van der Waals surface area contributed by atoms with Crippen molar-refractivity contribution in [1.82, 2.24) is 9.88 Å². The van der Waals surface area contributed by atoms with Gasteiger partial charge < -0.3 is 4.74 Å². The van der Waals surface area contributed by atoms with Crippen molar-refractivity contribution in [3.8, 4) is 5.75 Å². The third kappa shape index (κ3) is 3.65. The number of carbonyl (C=O) groups is 1. The minimum Gasteiger partial charge on any atom is -0.494 e. The summed E-state index contributed by atoms with van der Waals surface area (Å²) in [4.78, 5) is 23.1. The minimum atomic E-state index is -0.0588. The van der Waals surface area contributed by atoms with Gasteiger partial charge in [0.05, 0.1) is 23.4 Å². The fourth-order valence-electron chi connectivity index (χ4n) is 2.16. The Morgan fingerprint density at radius 3 is 2.75 bits per heavy atom. The van der Waals surface area contributed by atoms with Crippen LogP contribution >= 0.6 is 11.8 Å². The number of aliphatic imine (C=N–C) groups is 1. The van der Waals surface area contributed by atoms with Crippen molar-refractivity contribution in [3.05, 3.63) is 59.3 Å². The smallest absolute Gasteiger partial charge is 0.266 e. The van der Waals surface area contributed by atoms with Crippen LogP contribution in [0.4, 0.5) is 5.69 Å². The van der Waals surface area contributed by atoms with Gasteiger partial charge in [0.25, 0.3) is 5.91 Å². The van der Waals surface area contributed by atoms with Crippen LogP contribution in [-0.2, 0) is 4.79 Å². The molecular formula is C18H17N3O2S. The first-order valence-electron chi connectivity index (χ1n) is 7.56. The molecule has 0 spiro atoms. The molecular weight excluding hydrogens is 322 g/mol. The molecule has 0 saturated carbocycles. The van der Waals surface area contributed by atoms with Crippen molar-refractivity contribution in [3.63, 3.8) is 0 Å². The second kappa shape index (κ2) is 7.31. The van der Waals surface area contributed by atoms with E-state index in [-0.39, 0.29) is 5.91 Å². The van der Waals surface area contributed by atoms with Gasteiger partial charge in [-0.1, -0.05) is 12.1 Å². The molecule has 1 amide bonds. The molecule has 122 valence electrons. The van der Waals surface area contributed by atoms with Crippen molar-refractivity contribution in [2.24, 2.45) is 4.99 Å². The third-order valence-corrected chi connectivity index (χ3v) is 4.42. The van der Waals surface area contributed by atoms with Crippen molar-refractivity contribution < 1.29 is 9.53 Å². The topological polar surface area (TPSA) is 54.8 Å². The van der Waals surface area contributed by atoms with Crippen LogP contribution in [0.15, 0.2) is 58.7 Å². The minimum absolute atomic E-state index is 0.0588. The number of nitrogens with zero attached hydrogens (tertiary/aromatic N) is 3. The fraction of sp³-hybridized carbons (Fsp3) is 0.167. The largest absolute Gasteiger partial charge is 0.494 e. The van der Waals surface area contributed by atoms with E-state index in [2.05, 4.69) is 9.98 Å². The van der Waals surface area contributed by atoms with Gasteiger partial charge in [0.2, 0.25) is 0 Å². The Bertz CT molecular complexity index is 786. The Labute approximate surface area is 145 Å². The van der Waals surface area contributed by atoms with Crippen LogP contribution in [0.3, 0.4) is 0 Å². The highest BCUT2D eigenvalue weighted by Gasteiger charge is 2.30. The number of carbonyl (C=O) groups excluding carboxylic acids is 1. The van der Waals surface area contributed by atoms with E-state index in [0.717, 1.165) is 17.0 Å². The van der Waals surface area contributed by atoms with Gasteiger partial charge in [-0.25, -0.2) is 4.99 Å². The molecule has 2 heterocycles. The third-order valence-electron chi connectivity index (χ3n) is 3.36. The van der Waals surface area contributed by atoms with Gasteiger partial charge in [0.1, 0.15) is 5.75 Å². The highest BCUT2D eigenvalue weighted by atomic mass is 32.2. The van der Waals surface area contributed by atoms with E-state index in [1.54, 1.807) is 24.3 Å². The molecule has 2 aromatic rings. The molecule has 1 saturated heterocycles. The maximum atomic E-state index is 12.4. The zero-order valence-corrected chi connectivity index (χ0v) is 14.3. The number of amidine groups is 1. The molecule has 0 radical (unpaired) electrons. The summed E-state index contributed by atoms with van der Waals surface area (Å²) in [5.74, 6) is 0.762. The molecule has 1 aromatic carbocycles. The van der Waals surface area contributed by atoms with Gasteiger partial charge >= 0.3 is 0 Å². The van der Waals surface area contributed by atoms with E-state index < -0.39 is 0 Å². The Kier molecular flexibility index (Phi) is 4.96. The Morgan fingerprint density at radius 1 is 1.29 bits per heavy atom. The van der Waals surface area contributed by atoms with Gasteiger partial charge in [-0.05, 0) is 54.6 Å². The average Bonchev–Trinajstić information content (AvgIpc) is 2.86. The van der Waals surface area contributed by atoms with E-state index >= 15 is 0 Å². The molecule has 1 aromatic heterocycles. The molecule has 0 aliphatic carbocycles. The van der Waals surface area contributed by atoms with Crippen LogP contribution in [0.25, 0.3) is 6.08 Å². The number of hydrogen-bond acceptors (Lipinski definition) is 5. The second-order valence-corrected chi connectivity index (χ2v) is 6.09. The zero-order chi connectivity index (χ0) is 16.9. The van der Waals surface area contributed by atoms with Crippen LogP contribution in [0.1, 0.15) is 12.5 Å². The lowest BCUT2D eigenvalue weighted by Crippen LogP contribution is -2.23. The van der Waals surface area contributed by atoms with Crippen LogP contribution in [-0.4, -0.2) is 34.6 Å². The number of hydrogen-bond donors (Lipinski definition) is 0. The summed E-state index contributed by atoms with van der Waals surface area (Å²) < 4.78 is 5.43. The molecule has 3 rings (SSSR count). The highest BCUT2D eigenvalue weighted by molar-refractivity contribution is 8.18. The quantitative estimate of drug-likeness (QED) is 0.797. The number of thioether (sulfide) groups is 1. The van der Waals surface area contributed by atoms with Crippen molar-refractivity contribution in [2.45, 2.75) is 6.92 Å². The number of rotatable bonds is 4. The van der Waals surface area contributed by atoms with Gasteiger partial charge in [0, 0.05) is 13.2 Å². The normalized spacial score (nSPS) is 17.8. The lowest BCUT2D eigenvalue weighted by atomic mass is 10.2. The number of aromatic nitrogens is 1. The average molecular weight is 339 g/mol. The molecule has 0 unspecified atom stereocenters. The summed E-state index contributed by atoms with van der Waals surface area (Å²) in [6.45, 7) is 2.58. The SMILES string of the molecule is CCOc1ccc(/C=C2\SC(=Nc3cccnc3)N(C)C2=O)cc1. The molecule has 0 bridgehead atoms. The summed E-state index contributed by atoms with van der Waals surface area (Å²) in [6.07, 6.45) is 5.22. The van der Waals surface area contributed by atoms with E-state index in [0.29, 0.717) is 16.7 Å². The maximum absolute atomic E-state index is 12.4. The Hall–Kier alpha value is -2.60. The zero-order valence-electron chi connectivity index (χ0n) is 13.5. The maximum Gasteiger partial charge on any atom is 0.266 e. The van der Waals surface area contributed by atoms with E-state index in [4.69, 9.17) is 4.74 Å². The van der Waals surface area contributed by atoms with Gasteiger partial charge in [-0.3, -0.25) is 14.7 Å². The summed E-state index contributed by atoms with van der Waals surface area (Å²) in [5.41, 5.74) is 1.67. The second-order valence-electron chi connectivity index (χ2n) is 5.08. The van der Waals surface area contributed by atoms with Gasteiger partial charge in [0.15, 0.2) is 5.17 Å². The van der Waals surface area contributed by atoms with Gasteiger partial charge in [-0.2, -0.15) is 0 Å². The van der Waals surface area contributed by atoms with Crippen molar-refractivity contribution in [1.29, 1.82) is 0 Å². The van der Waals surface area contributed by atoms with Gasteiger partial charge in [-0.15, -0.1) is 0 Å². The van der Waals surface area contributed by atoms with E-state index in [1.165, 1.54) is 11.8 Å². The molecule has 5 nitrogen and oxygen atoms in total. The Balaban J connectivity index is 1.82. The van der Waals surface area contributed by atoms with Crippen LogP contribution in [0, 0.1) is 0 Å². The highest BCUT2D eigenvalue weighted by Crippen LogP contribution is 2.33. The predicted octanol–water partition coefficient (Wildman–Crippen LogP) is 3.71. The van der Waals surface area contributed by atoms with Crippen molar-refractivity contribution in [2.75, 3.05) is 13.7 Å². The van der Waals surface area contributed by atoms with E-state index in [9.17, 15) is 4.79 Å². The summed E-state index contributed by atoms with van der Waals surface area (Å²) in [6, 6.07) is 11.3. The standard InChI is InChI=1S/C18H17N3O2S/c1-3-23-15-8-6-13(7-9-15)11-16-17(22)21(2)18(24-16)20-14-5-4-10-19-12-14/h4-12H,3H2,1-2H3/b16-11-,20-18?. The van der Waals surface area contributed by atoms with E-state index in [1.807, 2.05) is 49.4 Å². The van der Waals surface area contributed by atoms with Crippen LogP contribution in [0.2, 0.25) is 0 Å². The molecule has 1 aliphatic heterocycles. The monoisotopic (exact) mass is 339 g/mol. The predicted molar refractivity (Wildman–Crippen MR) is 97.3 cm³/mol. The fourth-order valence-corrected chi connectivity index (χ4v) is 3.15. The lowest BCUT2D eigenvalue weighted by Gasteiger charge is -2.06. The first-order chi connectivity index (χ1) is 11.7. The summed E-state index contributed by atoms with van der Waals surface area (Å²) in [5, 5.41) is 0.644. The van der Waals surface area contributed by atoms with Crippen molar-refractivity contribution >= 4 is 34.6 Å². The number of benzene rings is 1. The number of amides is 1. The first-order valence-corrected chi connectivity index (χ1v) is 8.38. The lowest BCUT2D eigenvalue weighted by molar-refractivity contribution is -0.121. The van der Waals surface area contributed by atoms with Crippen LogP contribution < -0.4 is 4.74 Å². The van der Waals surface area contributed by atoms with Crippen LogP contribution in [0.5, 0.6) is 5.75 Å². The number of ether oxygens (including phenoxy) is 1.